The molecule has 30 heavy (non-hydrogen) atoms. The van der Waals surface area contributed by atoms with Gasteiger partial charge in [0.05, 0.1) is 9.85 Å². The molecule has 3 N–H and O–H groups in total. The van der Waals surface area contributed by atoms with Gasteiger partial charge in [-0.1, -0.05) is 19.3 Å². The Kier molecular flexibility index (Phi) is 8.28. The number of nitrogens with two attached hydrogens (primary N) is 1. The second-order valence-corrected chi connectivity index (χ2v) is 7.85. The van der Waals surface area contributed by atoms with E-state index < -0.39 is 17.7 Å². The molecule has 0 spiro atoms. The number of hydrogen-bond acceptors (Lipinski definition) is 8. The van der Waals surface area contributed by atoms with E-state index in [2.05, 4.69) is 0 Å². The summed E-state index contributed by atoms with van der Waals surface area (Å²) >= 11 is 0. The van der Waals surface area contributed by atoms with E-state index in [9.17, 15) is 29.7 Å². The molecule has 0 bridgehead atoms. The molecule has 1 aliphatic rings. The molecule has 2 aromatic carbocycles. The monoisotopic (exact) mass is 439 g/mol. The molecule has 162 valence electrons. The molecular formula is C18H22N3O8P. The summed E-state index contributed by atoms with van der Waals surface area (Å²) in [7, 11) is -4.55. The maximum Gasteiger partial charge on any atom is 0.584 e. The van der Waals surface area contributed by atoms with Gasteiger partial charge in [-0.25, -0.2) is 4.57 Å². The van der Waals surface area contributed by atoms with Crippen LogP contribution < -0.4 is 14.8 Å². The van der Waals surface area contributed by atoms with Crippen molar-refractivity contribution in [2.75, 3.05) is 0 Å². The minimum absolute atomic E-state index is 0.108. The fourth-order valence-electron chi connectivity index (χ4n) is 2.68. The van der Waals surface area contributed by atoms with E-state index >= 15 is 0 Å². The average molecular weight is 439 g/mol. The zero-order valence-electron chi connectivity index (χ0n) is 16.0. The van der Waals surface area contributed by atoms with Gasteiger partial charge in [0.1, 0.15) is 11.5 Å². The first-order valence-corrected chi connectivity index (χ1v) is 10.6. The second-order valence-electron chi connectivity index (χ2n) is 6.55. The van der Waals surface area contributed by atoms with E-state index in [4.69, 9.17) is 14.8 Å². The van der Waals surface area contributed by atoms with E-state index in [1.165, 1.54) is 32.1 Å². The molecule has 1 fully saturated rings. The van der Waals surface area contributed by atoms with Gasteiger partial charge >= 0.3 is 7.82 Å². The second kappa shape index (κ2) is 10.7. The van der Waals surface area contributed by atoms with Crippen LogP contribution in [0.25, 0.3) is 0 Å². The first-order chi connectivity index (χ1) is 14.2. The summed E-state index contributed by atoms with van der Waals surface area (Å²) in [6.07, 6.45) is 6.66. The van der Waals surface area contributed by atoms with Gasteiger partial charge in [-0.3, -0.25) is 25.1 Å². The van der Waals surface area contributed by atoms with Gasteiger partial charge in [0, 0.05) is 30.3 Å². The predicted octanol–water partition coefficient (Wildman–Crippen LogP) is 4.34. The lowest BCUT2D eigenvalue weighted by Gasteiger charge is -2.15. The van der Waals surface area contributed by atoms with Gasteiger partial charge in [-0.2, -0.15) is 0 Å². The molecule has 3 rings (SSSR count). The highest BCUT2D eigenvalue weighted by molar-refractivity contribution is 7.48. The Morgan fingerprint density at radius 3 is 1.47 bits per heavy atom. The maximum atomic E-state index is 11.8. The molecule has 2 aromatic rings. The minimum Gasteiger partial charge on any atom is -0.395 e. The number of non-ortho nitro benzene ring substituents is 2. The summed E-state index contributed by atoms with van der Waals surface area (Å²) in [4.78, 5) is 29.4. The van der Waals surface area contributed by atoms with Crippen molar-refractivity contribution in [2.45, 2.75) is 38.1 Å². The molecule has 11 nitrogen and oxygen atoms in total. The van der Waals surface area contributed by atoms with Crippen molar-refractivity contribution in [3.63, 3.8) is 0 Å². The third-order valence-corrected chi connectivity index (χ3v) is 5.07. The van der Waals surface area contributed by atoms with Gasteiger partial charge in [-0.05, 0) is 37.1 Å². The van der Waals surface area contributed by atoms with Gasteiger partial charge in [-0.15, -0.1) is 0 Å². The number of nitro groups is 2. The van der Waals surface area contributed by atoms with Gasteiger partial charge < -0.3 is 14.8 Å². The zero-order chi connectivity index (χ0) is 22.1. The number of nitro benzene ring substituents is 2. The lowest BCUT2D eigenvalue weighted by molar-refractivity contribution is -0.385. The lowest BCUT2D eigenvalue weighted by Crippen LogP contribution is -2.22. The highest BCUT2D eigenvalue weighted by atomic mass is 31.2. The normalized spacial score (nSPS) is 14.2. The van der Waals surface area contributed by atoms with Gasteiger partial charge in [0.2, 0.25) is 0 Å². The molecule has 0 heterocycles. The van der Waals surface area contributed by atoms with Crippen LogP contribution in [0.3, 0.4) is 0 Å². The molecule has 0 radical (unpaired) electrons. The van der Waals surface area contributed by atoms with Crippen molar-refractivity contribution in [1.29, 1.82) is 0 Å². The average Bonchev–Trinajstić information content (AvgIpc) is 2.69. The SMILES string of the molecule is NC1CCCCC1.O=[N+]([O-])c1ccc(OP(=O)(O)Oc2ccc([N+](=O)[O-])cc2)cc1. The van der Waals surface area contributed by atoms with Crippen molar-refractivity contribution < 1.29 is 28.4 Å². The Labute approximate surface area is 172 Å². The number of benzene rings is 2. The standard InChI is InChI=1S/C12H9N2O8P.C6H13N/c15-13(16)9-1-5-11(6-2-9)21-23(19,20)22-12-7-3-10(4-8-12)14(17)18;7-6-4-2-1-3-5-6/h1-8H,(H,19,20);6H,1-5,7H2. The van der Waals surface area contributed by atoms with E-state index in [0.717, 1.165) is 48.5 Å². The van der Waals surface area contributed by atoms with Gasteiger partial charge in [0.25, 0.3) is 11.4 Å². The van der Waals surface area contributed by atoms with Crippen molar-refractivity contribution in [2.24, 2.45) is 5.73 Å². The molecule has 0 aromatic heterocycles. The number of nitrogens with zero attached hydrogens (tertiary/aromatic N) is 2. The fourth-order valence-corrected chi connectivity index (χ4v) is 3.49. The maximum absolute atomic E-state index is 11.8. The largest absolute Gasteiger partial charge is 0.584 e. The summed E-state index contributed by atoms with van der Waals surface area (Å²) in [5.41, 5.74) is 5.22. The Bertz CT molecular complexity index is 835. The smallest absolute Gasteiger partial charge is 0.395 e. The number of hydrogen-bond donors (Lipinski definition) is 2. The van der Waals surface area contributed by atoms with Crippen molar-refractivity contribution in [3.8, 4) is 11.5 Å². The number of phosphoric acid groups is 1. The van der Waals surface area contributed by atoms with Crippen molar-refractivity contribution in [1.82, 2.24) is 0 Å². The van der Waals surface area contributed by atoms with Crippen LogP contribution in [0.1, 0.15) is 32.1 Å². The quantitative estimate of drug-likeness (QED) is 0.378. The van der Waals surface area contributed by atoms with Crippen LogP contribution in [0.2, 0.25) is 0 Å². The van der Waals surface area contributed by atoms with Crippen LogP contribution in [-0.4, -0.2) is 20.8 Å². The summed E-state index contributed by atoms with van der Waals surface area (Å²) in [6, 6.07) is 9.49. The van der Waals surface area contributed by atoms with Gasteiger partial charge in [0.15, 0.2) is 0 Å². The topological polar surface area (TPSA) is 168 Å². The van der Waals surface area contributed by atoms with Crippen LogP contribution in [-0.2, 0) is 4.57 Å². The zero-order valence-corrected chi connectivity index (χ0v) is 16.9. The molecule has 0 amide bonds. The minimum atomic E-state index is -4.55. The third kappa shape index (κ3) is 7.78. The lowest BCUT2D eigenvalue weighted by atomic mass is 9.97. The highest BCUT2D eigenvalue weighted by Crippen LogP contribution is 2.44. The molecule has 1 aliphatic carbocycles. The first-order valence-electron chi connectivity index (χ1n) is 9.13. The molecule has 0 aliphatic heterocycles. The van der Waals surface area contributed by atoms with Crippen LogP contribution in [0.5, 0.6) is 11.5 Å². The molecule has 12 heteroatoms. The van der Waals surface area contributed by atoms with Crippen LogP contribution >= 0.6 is 7.82 Å². The van der Waals surface area contributed by atoms with Crippen LogP contribution in [0, 0.1) is 20.2 Å². The Balaban J connectivity index is 0.000000386. The summed E-state index contributed by atoms with van der Waals surface area (Å²) in [6.45, 7) is 0. The predicted molar refractivity (Wildman–Crippen MR) is 108 cm³/mol. The highest BCUT2D eigenvalue weighted by Gasteiger charge is 2.25. The fraction of sp³-hybridized carbons (Fsp3) is 0.333. The molecule has 1 saturated carbocycles. The Morgan fingerprint density at radius 1 is 0.833 bits per heavy atom. The number of phosphoric ester groups is 1. The number of rotatable bonds is 6. The summed E-state index contributed by atoms with van der Waals surface area (Å²) < 4.78 is 21.3. The molecule has 0 unspecified atom stereocenters. The van der Waals surface area contributed by atoms with E-state index in [1.54, 1.807) is 0 Å². The summed E-state index contributed by atoms with van der Waals surface area (Å²) in [5, 5.41) is 21.0. The van der Waals surface area contributed by atoms with Crippen LogP contribution in [0.15, 0.2) is 48.5 Å². The molecular weight excluding hydrogens is 417 g/mol. The van der Waals surface area contributed by atoms with E-state index in [0.29, 0.717) is 6.04 Å². The summed E-state index contributed by atoms with van der Waals surface area (Å²) in [5.74, 6) is -0.216. The Hall–Kier alpha value is -3.01. The van der Waals surface area contributed by atoms with Crippen LogP contribution in [0.4, 0.5) is 11.4 Å². The van der Waals surface area contributed by atoms with E-state index in [-0.39, 0.29) is 22.9 Å². The first kappa shape index (κ1) is 23.3. The molecule has 0 atom stereocenters. The Morgan fingerprint density at radius 2 is 1.20 bits per heavy atom. The van der Waals surface area contributed by atoms with Crippen molar-refractivity contribution in [3.05, 3.63) is 68.8 Å². The van der Waals surface area contributed by atoms with Crippen molar-refractivity contribution >= 4 is 19.2 Å². The molecule has 0 saturated heterocycles. The van der Waals surface area contributed by atoms with E-state index in [1.807, 2.05) is 0 Å². The third-order valence-electron chi connectivity index (χ3n) is 4.19.